The van der Waals surface area contributed by atoms with E-state index in [-0.39, 0.29) is 12.4 Å². The van der Waals surface area contributed by atoms with E-state index < -0.39 is 17.7 Å². The van der Waals surface area contributed by atoms with Gasteiger partial charge in [0, 0.05) is 5.56 Å². The number of rotatable bonds is 6. The van der Waals surface area contributed by atoms with Gasteiger partial charge in [-0.1, -0.05) is 49.7 Å². The lowest BCUT2D eigenvalue weighted by molar-refractivity contribution is -0.500. The summed E-state index contributed by atoms with van der Waals surface area (Å²) in [6.45, 7) is 3.96. The van der Waals surface area contributed by atoms with Crippen molar-refractivity contribution in [2.45, 2.75) is 45.0 Å². The van der Waals surface area contributed by atoms with E-state index >= 15 is 0 Å². The van der Waals surface area contributed by atoms with Gasteiger partial charge in [-0.3, -0.25) is 0 Å². The molecule has 5 nitrogen and oxygen atoms in total. The van der Waals surface area contributed by atoms with Gasteiger partial charge in [0.15, 0.2) is 0 Å². The predicted molar refractivity (Wildman–Crippen MR) is 91.6 cm³/mol. The summed E-state index contributed by atoms with van der Waals surface area (Å²) in [5.74, 6) is -0.283. The van der Waals surface area contributed by atoms with Crippen molar-refractivity contribution < 1.29 is 24.4 Å². The van der Waals surface area contributed by atoms with Gasteiger partial charge in [-0.2, -0.15) is 0 Å². The number of benzene rings is 2. The van der Waals surface area contributed by atoms with E-state index in [1.54, 1.807) is 25.1 Å². The maximum atomic E-state index is 12.8. The van der Waals surface area contributed by atoms with Crippen molar-refractivity contribution in [1.82, 2.24) is 0 Å². The summed E-state index contributed by atoms with van der Waals surface area (Å²) in [7, 11) is 0. The van der Waals surface area contributed by atoms with Gasteiger partial charge in [0.05, 0.1) is 0 Å². The Balaban J connectivity index is 1.84. The van der Waals surface area contributed by atoms with Gasteiger partial charge >= 0.3 is 5.97 Å². The molecule has 25 heavy (non-hydrogen) atoms. The number of ether oxygens (including phenoxy) is 1. The van der Waals surface area contributed by atoms with Gasteiger partial charge in [0.1, 0.15) is 18.5 Å². The minimum absolute atomic E-state index is 0.164. The van der Waals surface area contributed by atoms with Crippen molar-refractivity contribution in [1.29, 1.82) is 0 Å². The van der Waals surface area contributed by atoms with Gasteiger partial charge in [0.2, 0.25) is 0 Å². The van der Waals surface area contributed by atoms with Crippen LogP contribution in [0.3, 0.4) is 0 Å². The second kappa shape index (κ2) is 7.25. The molecule has 1 aliphatic rings. The zero-order valence-electron chi connectivity index (χ0n) is 14.4. The van der Waals surface area contributed by atoms with Crippen molar-refractivity contribution >= 4 is 5.97 Å². The molecule has 0 radical (unpaired) electrons. The topological polar surface area (TPSA) is 65.0 Å². The standard InChI is InChI=1S/C20H22O5/c1-3-7-16-12-17(10-11-18(16)21)20(14(2)24-25-20)19(22)23-13-15-8-5-4-6-9-15/h4-6,8-12,14,21H,3,7,13H2,1-2H3. The van der Waals surface area contributed by atoms with Gasteiger partial charge < -0.3 is 9.84 Å². The van der Waals surface area contributed by atoms with Gasteiger partial charge in [0.25, 0.3) is 5.60 Å². The molecule has 132 valence electrons. The molecular formula is C20H22O5. The van der Waals surface area contributed by atoms with Gasteiger partial charge in [-0.25, -0.2) is 14.6 Å². The van der Waals surface area contributed by atoms with Crippen molar-refractivity contribution in [2.75, 3.05) is 0 Å². The second-order valence-electron chi connectivity index (χ2n) is 6.21. The number of hydrogen-bond donors (Lipinski definition) is 1. The average molecular weight is 342 g/mol. The highest BCUT2D eigenvalue weighted by molar-refractivity contribution is 5.83. The van der Waals surface area contributed by atoms with Crippen LogP contribution in [0.15, 0.2) is 48.5 Å². The molecule has 1 saturated heterocycles. The fraction of sp³-hybridized carbons (Fsp3) is 0.350. The van der Waals surface area contributed by atoms with E-state index in [1.807, 2.05) is 37.3 Å². The lowest BCUT2D eigenvalue weighted by Crippen LogP contribution is -2.58. The van der Waals surface area contributed by atoms with Crippen LogP contribution < -0.4 is 0 Å². The molecular weight excluding hydrogens is 320 g/mol. The van der Waals surface area contributed by atoms with Crippen LogP contribution in [0.2, 0.25) is 0 Å². The number of hydrogen-bond acceptors (Lipinski definition) is 5. The summed E-state index contributed by atoms with van der Waals surface area (Å²) in [4.78, 5) is 23.1. The highest BCUT2D eigenvalue weighted by Crippen LogP contribution is 2.42. The number of carbonyl (C=O) groups is 1. The van der Waals surface area contributed by atoms with E-state index in [4.69, 9.17) is 14.5 Å². The van der Waals surface area contributed by atoms with Crippen LogP contribution in [0.1, 0.15) is 37.0 Å². The first-order chi connectivity index (χ1) is 12.1. The Morgan fingerprint density at radius 2 is 2.00 bits per heavy atom. The minimum Gasteiger partial charge on any atom is -0.508 e. The number of aryl methyl sites for hydroxylation is 1. The Labute approximate surface area is 147 Å². The lowest BCUT2D eigenvalue weighted by atomic mass is 9.86. The summed E-state index contributed by atoms with van der Waals surface area (Å²) in [6.07, 6.45) is 1.12. The average Bonchev–Trinajstić information content (AvgIpc) is 2.62. The minimum atomic E-state index is -1.30. The smallest absolute Gasteiger partial charge is 0.349 e. The fourth-order valence-electron chi connectivity index (χ4n) is 2.96. The molecule has 3 rings (SSSR count). The maximum absolute atomic E-state index is 12.8. The highest BCUT2D eigenvalue weighted by atomic mass is 17.3. The van der Waals surface area contributed by atoms with Crippen molar-refractivity contribution in [3.63, 3.8) is 0 Å². The first-order valence-electron chi connectivity index (χ1n) is 8.46. The van der Waals surface area contributed by atoms with Crippen LogP contribution in [0.4, 0.5) is 0 Å². The van der Waals surface area contributed by atoms with Gasteiger partial charge in [-0.15, -0.1) is 0 Å². The molecule has 1 heterocycles. The zero-order valence-corrected chi connectivity index (χ0v) is 14.4. The molecule has 2 unspecified atom stereocenters. The number of esters is 1. The molecule has 5 heteroatoms. The Morgan fingerprint density at radius 3 is 2.60 bits per heavy atom. The van der Waals surface area contributed by atoms with Crippen LogP contribution in [0.5, 0.6) is 5.75 Å². The quantitative estimate of drug-likeness (QED) is 0.641. The number of aromatic hydroxyl groups is 1. The fourth-order valence-corrected chi connectivity index (χ4v) is 2.96. The maximum Gasteiger partial charge on any atom is 0.349 e. The lowest BCUT2D eigenvalue weighted by Gasteiger charge is -2.43. The SMILES string of the molecule is CCCc1cc(C2(C(=O)OCc3ccccc3)OOC2C)ccc1O. The molecule has 0 aromatic heterocycles. The molecule has 0 amide bonds. The van der Waals surface area contributed by atoms with Crippen LogP contribution >= 0.6 is 0 Å². The van der Waals surface area contributed by atoms with Gasteiger partial charge in [-0.05, 0) is 36.6 Å². The molecule has 0 saturated carbocycles. The van der Waals surface area contributed by atoms with E-state index in [2.05, 4.69) is 0 Å². The molecule has 1 aliphatic heterocycles. The normalized spacial score (nSPS) is 22.2. The highest BCUT2D eigenvalue weighted by Gasteiger charge is 2.58. The molecule has 0 bridgehead atoms. The molecule has 2 aromatic rings. The van der Waals surface area contributed by atoms with Crippen LogP contribution in [0.25, 0.3) is 0 Å². The third kappa shape index (κ3) is 3.25. The number of phenols is 1. The van der Waals surface area contributed by atoms with Crippen LogP contribution in [0, 0.1) is 0 Å². The first-order valence-corrected chi connectivity index (χ1v) is 8.46. The van der Waals surface area contributed by atoms with Crippen molar-refractivity contribution in [3.05, 3.63) is 65.2 Å². The predicted octanol–water partition coefficient (Wildman–Crippen LogP) is 3.63. The summed E-state index contributed by atoms with van der Waals surface area (Å²) in [5, 5.41) is 9.99. The van der Waals surface area contributed by atoms with Crippen LogP contribution in [-0.2, 0) is 37.9 Å². The Morgan fingerprint density at radius 1 is 1.24 bits per heavy atom. The van der Waals surface area contributed by atoms with Crippen molar-refractivity contribution in [2.24, 2.45) is 0 Å². The monoisotopic (exact) mass is 342 g/mol. The molecule has 0 aliphatic carbocycles. The third-order valence-corrected chi connectivity index (χ3v) is 4.44. The molecule has 0 spiro atoms. The summed E-state index contributed by atoms with van der Waals surface area (Å²) < 4.78 is 5.48. The number of carbonyl (C=O) groups excluding carboxylic acids is 1. The second-order valence-corrected chi connectivity index (χ2v) is 6.21. The van der Waals surface area contributed by atoms with E-state index in [0.29, 0.717) is 12.0 Å². The molecule has 2 atom stereocenters. The number of phenolic OH excluding ortho intramolecular Hbond substituents is 1. The Hall–Kier alpha value is -2.37. The zero-order chi connectivity index (χ0) is 17.9. The van der Waals surface area contributed by atoms with Crippen LogP contribution in [-0.4, -0.2) is 17.2 Å². The molecule has 1 N–H and O–H groups in total. The Kier molecular flexibility index (Phi) is 5.06. The summed E-state index contributed by atoms with van der Waals surface area (Å²) >= 11 is 0. The largest absolute Gasteiger partial charge is 0.508 e. The summed E-state index contributed by atoms with van der Waals surface area (Å²) in [6, 6.07) is 14.5. The van der Waals surface area contributed by atoms with Crippen molar-refractivity contribution in [3.8, 4) is 5.75 Å². The third-order valence-electron chi connectivity index (χ3n) is 4.44. The molecule has 2 aromatic carbocycles. The Bertz CT molecular complexity index is 743. The first kappa shape index (κ1) is 17.5. The van der Waals surface area contributed by atoms with E-state index in [9.17, 15) is 9.90 Å². The summed E-state index contributed by atoms with van der Waals surface area (Å²) in [5.41, 5.74) is 1.00. The van der Waals surface area contributed by atoms with E-state index in [0.717, 1.165) is 17.5 Å². The molecule has 1 fully saturated rings. The van der Waals surface area contributed by atoms with E-state index in [1.165, 1.54) is 0 Å².